The van der Waals surface area contributed by atoms with E-state index in [2.05, 4.69) is 36.4 Å². The van der Waals surface area contributed by atoms with Crippen molar-refractivity contribution in [1.29, 1.82) is 0 Å². The molecule has 3 aromatic carbocycles. The van der Waals surface area contributed by atoms with Crippen LogP contribution in [0.25, 0.3) is 23.1 Å². The molecule has 212 valence electrons. The zero-order valence-corrected chi connectivity index (χ0v) is 28.0. The van der Waals surface area contributed by atoms with Crippen molar-refractivity contribution < 1.29 is 44.6 Å². The van der Waals surface area contributed by atoms with Crippen LogP contribution in [0.2, 0.25) is 5.02 Å². The maximum Gasteiger partial charge on any atom is 1.00 e. The summed E-state index contributed by atoms with van der Waals surface area (Å²) in [5.41, 5.74) is 5.03. The van der Waals surface area contributed by atoms with Gasteiger partial charge in [0, 0.05) is 21.6 Å². The number of aliphatic carboxylic acids is 1. The van der Waals surface area contributed by atoms with Gasteiger partial charge in [-0.3, -0.25) is 0 Å². The third kappa shape index (κ3) is 8.72. The van der Waals surface area contributed by atoms with Gasteiger partial charge in [-0.15, -0.1) is 0 Å². The Kier molecular flexibility index (Phi) is 11.0. The van der Waals surface area contributed by atoms with Crippen LogP contribution in [0.5, 0.6) is 0 Å². The van der Waals surface area contributed by atoms with Gasteiger partial charge >= 0.3 is 29.6 Å². The number of fused-ring (bicyclic) bond motifs is 1. The molecule has 0 saturated heterocycles. The first-order valence-corrected chi connectivity index (χ1v) is 15.5. The van der Waals surface area contributed by atoms with Crippen LogP contribution in [0.4, 0.5) is 0 Å². The average molecular weight is 608 g/mol. The van der Waals surface area contributed by atoms with Gasteiger partial charge < -0.3 is 15.0 Å². The Morgan fingerprint density at radius 3 is 2.57 bits per heavy atom. The number of carbonyl (C=O) groups is 1. The number of aliphatic hydroxyl groups is 1. The topological polar surface area (TPSA) is 73.2 Å². The standard InChI is InChI=1S/C35H36ClNO3S.Na/c1-34(2,40)30-9-4-3-7-25(30)13-17-32(41-23-35(18-19-35)22-33(38)39)27-8-5-6-24(20-27)10-15-29-16-12-26-11-14-28(36)21-31(26)37-29;/h3-12,14-16,20-21,32,40H,13,17-19,22-23H2,1-2H3,(H,38,39);/q;+1/p-1. The smallest absolute Gasteiger partial charge is 0.550 e. The molecule has 1 unspecified atom stereocenters. The van der Waals surface area contributed by atoms with Crippen LogP contribution in [0.1, 0.15) is 72.7 Å². The van der Waals surface area contributed by atoms with Crippen LogP contribution in [0.15, 0.2) is 78.9 Å². The summed E-state index contributed by atoms with van der Waals surface area (Å²) >= 11 is 8.01. The molecule has 1 saturated carbocycles. The Labute approximate surface area is 279 Å². The third-order valence-corrected chi connectivity index (χ3v) is 9.75. The molecule has 1 aliphatic carbocycles. The molecule has 1 heterocycles. The number of carbonyl (C=O) groups excluding carboxylic acids is 1. The maximum absolute atomic E-state index is 11.4. The monoisotopic (exact) mass is 607 g/mol. The minimum atomic E-state index is -0.963. The second-order valence-corrected chi connectivity index (χ2v) is 13.3. The largest absolute Gasteiger partial charge is 1.00 e. The molecule has 0 spiro atoms. The van der Waals surface area contributed by atoms with Crippen LogP contribution in [-0.2, 0) is 16.8 Å². The van der Waals surface area contributed by atoms with Gasteiger partial charge in [0.15, 0.2) is 0 Å². The molecule has 7 heteroatoms. The first-order chi connectivity index (χ1) is 19.6. The Balaban J connectivity index is 0.00000405. The average Bonchev–Trinajstić information content (AvgIpc) is 3.70. The van der Waals surface area contributed by atoms with Crippen molar-refractivity contribution in [3.05, 3.63) is 112 Å². The summed E-state index contributed by atoms with van der Waals surface area (Å²) < 4.78 is 0. The van der Waals surface area contributed by atoms with Gasteiger partial charge in [0.05, 0.1) is 16.8 Å². The summed E-state index contributed by atoms with van der Waals surface area (Å²) in [6, 6.07) is 26.4. The SMILES string of the molecule is CC(C)(O)c1ccccc1CCC(SCC1(CC(=O)[O-])CC1)c1cccc(C=Cc2ccc3ccc(Cl)cc3n2)c1.[Na+]. The van der Waals surface area contributed by atoms with Crippen LogP contribution in [0.3, 0.4) is 0 Å². The number of aryl methyl sites for hydroxylation is 1. The van der Waals surface area contributed by atoms with Crippen molar-refractivity contribution in [3.8, 4) is 0 Å². The van der Waals surface area contributed by atoms with E-state index in [4.69, 9.17) is 16.6 Å². The van der Waals surface area contributed by atoms with Crippen LogP contribution < -0.4 is 34.7 Å². The fourth-order valence-electron chi connectivity index (χ4n) is 5.34. The second kappa shape index (κ2) is 14.1. The van der Waals surface area contributed by atoms with Crippen molar-refractivity contribution in [3.63, 3.8) is 0 Å². The fraction of sp³-hybridized carbons (Fsp3) is 0.314. The number of hydrogen-bond donors (Lipinski definition) is 1. The number of aromatic nitrogens is 1. The summed E-state index contributed by atoms with van der Waals surface area (Å²) in [6.07, 6.45) is 7.78. The van der Waals surface area contributed by atoms with Crippen LogP contribution in [0, 0.1) is 5.41 Å². The summed E-state index contributed by atoms with van der Waals surface area (Å²) in [5, 5.41) is 24.0. The summed E-state index contributed by atoms with van der Waals surface area (Å²) in [6.45, 7) is 3.65. The zero-order valence-electron chi connectivity index (χ0n) is 24.5. The van der Waals surface area contributed by atoms with E-state index in [0.29, 0.717) is 5.02 Å². The molecule has 42 heavy (non-hydrogen) atoms. The third-order valence-electron chi connectivity index (χ3n) is 7.82. The Morgan fingerprint density at radius 2 is 1.83 bits per heavy atom. The van der Waals surface area contributed by atoms with Crippen molar-refractivity contribution in [1.82, 2.24) is 4.98 Å². The molecule has 0 radical (unpaired) electrons. The number of rotatable bonds is 12. The van der Waals surface area contributed by atoms with Gasteiger partial charge in [-0.05, 0) is 104 Å². The van der Waals surface area contributed by atoms with E-state index in [0.717, 1.165) is 64.7 Å². The van der Waals surface area contributed by atoms with E-state index in [-0.39, 0.29) is 46.6 Å². The van der Waals surface area contributed by atoms with Gasteiger partial charge in [-0.1, -0.05) is 78.3 Å². The molecule has 4 nitrogen and oxygen atoms in total. The van der Waals surface area contributed by atoms with E-state index in [1.807, 2.05) is 80.2 Å². The molecular weight excluding hydrogens is 573 g/mol. The molecule has 0 aliphatic heterocycles. The van der Waals surface area contributed by atoms with Crippen molar-refractivity contribution in [2.24, 2.45) is 5.41 Å². The minimum absolute atomic E-state index is 0. The van der Waals surface area contributed by atoms with Crippen molar-refractivity contribution >= 4 is 52.4 Å². The zero-order chi connectivity index (χ0) is 29.0. The predicted molar refractivity (Wildman–Crippen MR) is 169 cm³/mol. The van der Waals surface area contributed by atoms with Crippen molar-refractivity contribution in [2.75, 3.05) is 5.75 Å². The quantitative estimate of drug-likeness (QED) is 0.238. The second-order valence-electron chi connectivity index (χ2n) is 11.7. The molecule has 1 N–H and O–H groups in total. The molecular formula is C35H35ClNNaO3S. The number of hydrogen-bond acceptors (Lipinski definition) is 5. The maximum atomic E-state index is 11.4. The van der Waals surface area contributed by atoms with Crippen LogP contribution >= 0.6 is 23.4 Å². The molecule has 0 amide bonds. The minimum Gasteiger partial charge on any atom is -0.550 e. The van der Waals surface area contributed by atoms with Gasteiger partial charge in [0.2, 0.25) is 0 Å². The molecule has 1 atom stereocenters. The normalized spacial score (nSPS) is 15.0. The number of pyridine rings is 1. The number of nitrogens with zero attached hydrogens (tertiary/aromatic N) is 1. The predicted octanol–water partition coefficient (Wildman–Crippen LogP) is 4.62. The first-order valence-electron chi connectivity index (χ1n) is 14.1. The Bertz CT molecular complexity index is 1580. The number of carboxylic acid groups (broad SMARTS) is 1. The van der Waals surface area contributed by atoms with E-state index < -0.39 is 11.6 Å². The van der Waals surface area contributed by atoms with E-state index in [1.165, 1.54) is 5.56 Å². The van der Waals surface area contributed by atoms with E-state index in [9.17, 15) is 15.0 Å². The molecule has 1 aliphatic rings. The number of benzene rings is 3. The Morgan fingerprint density at radius 1 is 1.07 bits per heavy atom. The van der Waals surface area contributed by atoms with Gasteiger partial charge in [0.25, 0.3) is 0 Å². The van der Waals surface area contributed by atoms with Crippen molar-refractivity contribution in [2.45, 2.75) is 56.8 Å². The van der Waals surface area contributed by atoms with Crippen LogP contribution in [-0.4, -0.2) is 21.8 Å². The fourth-order valence-corrected chi connectivity index (χ4v) is 7.08. The number of carboxylic acids is 1. The number of halogens is 1. The molecule has 1 aromatic heterocycles. The summed E-state index contributed by atoms with van der Waals surface area (Å²) in [5.74, 6) is -0.168. The molecule has 5 rings (SSSR count). The Hall–Kier alpha value is -2.12. The first kappa shape index (κ1) is 32.8. The van der Waals surface area contributed by atoms with Gasteiger partial charge in [-0.2, -0.15) is 11.8 Å². The van der Waals surface area contributed by atoms with E-state index >= 15 is 0 Å². The molecule has 4 aromatic rings. The molecule has 1 fully saturated rings. The van der Waals surface area contributed by atoms with Gasteiger partial charge in [0.1, 0.15) is 0 Å². The molecule has 0 bridgehead atoms. The number of thioether (sulfide) groups is 1. The van der Waals surface area contributed by atoms with Gasteiger partial charge in [-0.25, -0.2) is 4.98 Å². The summed E-state index contributed by atoms with van der Waals surface area (Å²) in [4.78, 5) is 16.1. The van der Waals surface area contributed by atoms with E-state index in [1.54, 1.807) is 0 Å². The summed E-state index contributed by atoms with van der Waals surface area (Å²) in [7, 11) is 0.